The summed E-state index contributed by atoms with van der Waals surface area (Å²) in [5.41, 5.74) is 2.55. The Kier molecular flexibility index (Phi) is 2.99. The van der Waals surface area contributed by atoms with Gasteiger partial charge in [-0.05, 0) is 19.4 Å². The highest BCUT2D eigenvalue weighted by atomic mass is 16.5. The Morgan fingerprint density at radius 3 is 2.94 bits per heavy atom. The van der Waals surface area contributed by atoms with Gasteiger partial charge in [-0.1, -0.05) is 5.16 Å². The standard InChI is InChI=1S/C12H14N2O3/c1-8-10(3-4-11(15)16)12(17-13-8)9-5-6-14(2)7-9/h5-7H,3-4H2,1-2H3,(H,15,16). The van der Waals surface area contributed by atoms with Crippen LogP contribution in [0.5, 0.6) is 0 Å². The molecular formula is C12H14N2O3. The van der Waals surface area contributed by atoms with Gasteiger partial charge in [-0.2, -0.15) is 0 Å². The van der Waals surface area contributed by atoms with E-state index < -0.39 is 5.97 Å². The molecule has 0 bridgehead atoms. The quantitative estimate of drug-likeness (QED) is 0.878. The van der Waals surface area contributed by atoms with Crippen LogP contribution in [0.3, 0.4) is 0 Å². The molecule has 2 aromatic heterocycles. The van der Waals surface area contributed by atoms with Crippen LogP contribution in [0.15, 0.2) is 23.0 Å². The number of hydrogen-bond donors (Lipinski definition) is 1. The Morgan fingerprint density at radius 1 is 1.59 bits per heavy atom. The van der Waals surface area contributed by atoms with Gasteiger partial charge in [0.2, 0.25) is 0 Å². The van der Waals surface area contributed by atoms with Crippen molar-refractivity contribution in [3.8, 4) is 11.3 Å². The van der Waals surface area contributed by atoms with Crippen molar-refractivity contribution in [3.63, 3.8) is 0 Å². The van der Waals surface area contributed by atoms with Crippen LogP contribution in [-0.4, -0.2) is 20.8 Å². The third-order valence-corrected chi connectivity index (χ3v) is 2.67. The Bertz CT molecular complexity index is 540. The minimum atomic E-state index is -0.815. The Hall–Kier alpha value is -2.04. The van der Waals surface area contributed by atoms with E-state index in [1.165, 1.54) is 0 Å². The summed E-state index contributed by atoms with van der Waals surface area (Å²) >= 11 is 0. The monoisotopic (exact) mass is 234 g/mol. The van der Waals surface area contributed by atoms with Crippen LogP contribution in [0.1, 0.15) is 17.7 Å². The summed E-state index contributed by atoms with van der Waals surface area (Å²) in [6.07, 6.45) is 4.36. The van der Waals surface area contributed by atoms with Crippen LogP contribution < -0.4 is 0 Å². The predicted molar refractivity (Wildman–Crippen MR) is 61.6 cm³/mol. The molecule has 0 aliphatic heterocycles. The third kappa shape index (κ3) is 2.38. The smallest absolute Gasteiger partial charge is 0.303 e. The van der Waals surface area contributed by atoms with E-state index in [-0.39, 0.29) is 6.42 Å². The van der Waals surface area contributed by atoms with Crippen molar-refractivity contribution in [2.75, 3.05) is 0 Å². The fourth-order valence-corrected chi connectivity index (χ4v) is 1.78. The number of aromatic nitrogens is 2. The van der Waals surface area contributed by atoms with Gasteiger partial charge >= 0.3 is 5.97 Å². The number of rotatable bonds is 4. The van der Waals surface area contributed by atoms with E-state index in [0.717, 1.165) is 16.8 Å². The zero-order valence-electron chi connectivity index (χ0n) is 9.80. The Balaban J connectivity index is 2.31. The van der Waals surface area contributed by atoms with Crippen molar-refractivity contribution in [1.29, 1.82) is 0 Å². The van der Waals surface area contributed by atoms with Gasteiger partial charge < -0.3 is 14.2 Å². The van der Waals surface area contributed by atoms with Crippen molar-refractivity contribution < 1.29 is 14.4 Å². The maximum atomic E-state index is 10.6. The number of aryl methyl sites for hydroxylation is 2. The van der Waals surface area contributed by atoms with E-state index in [0.29, 0.717) is 12.2 Å². The van der Waals surface area contributed by atoms with Gasteiger partial charge in [-0.25, -0.2) is 0 Å². The minimum absolute atomic E-state index is 0.0852. The molecule has 0 spiro atoms. The van der Waals surface area contributed by atoms with E-state index in [9.17, 15) is 4.79 Å². The zero-order chi connectivity index (χ0) is 12.4. The van der Waals surface area contributed by atoms with Crippen molar-refractivity contribution in [2.24, 2.45) is 7.05 Å². The fraction of sp³-hybridized carbons (Fsp3) is 0.333. The fourth-order valence-electron chi connectivity index (χ4n) is 1.78. The summed E-state index contributed by atoms with van der Waals surface area (Å²) in [5.74, 6) is -0.144. The summed E-state index contributed by atoms with van der Waals surface area (Å²) in [5, 5.41) is 12.6. The summed E-state index contributed by atoms with van der Waals surface area (Å²) in [6, 6.07) is 1.92. The second kappa shape index (κ2) is 4.45. The molecule has 17 heavy (non-hydrogen) atoms. The highest BCUT2D eigenvalue weighted by Gasteiger charge is 2.16. The molecule has 2 aromatic rings. The molecule has 0 radical (unpaired) electrons. The molecule has 2 heterocycles. The highest BCUT2D eigenvalue weighted by Crippen LogP contribution is 2.27. The summed E-state index contributed by atoms with van der Waals surface area (Å²) < 4.78 is 7.18. The molecule has 0 aliphatic carbocycles. The Labute approximate surface area is 98.7 Å². The summed E-state index contributed by atoms with van der Waals surface area (Å²) in [6.45, 7) is 1.83. The molecule has 1 N–H and O–H groups in total. The molecule has 0 aliphatic rings. The van der Waals surface area contributed by atoms with E-state index >= 15 is 0 Å². The Morgan fingerprint density at radius 2 is 2.35 bits per heavy atom. The number of carboxylic acids is 1. The largest absolute Gasteiger partial charge is 0.481 e. The minimum Gasteiger partial charge on any atom is -0.481 e. The third-order valence-electron chi connectivity index (χ3n) is 2.67. The predicted octanol–water partition coefficient (Wildman–Crippen LogP) is 2.01. The number of carbonyl (C=O) groups is 1. The number of nitrogens with zero attached hydrogens (tertiary/aromatic N) is 2. The van der Waals surface area contributed by atoms with Gasteiger partial charge in [0, 0.05) is 37.0 Å². The van der Waals surface area contributed by atoms with Crippen molar-refractivity contribution in [3.05, 3.63) is 29.7 Å². The molecule has 0 fully saturated rings. The SMILES string of the molecule is Cc1noc(-c2ccn(C)c2)c1CCC(=O)O. The van der Waals surface area contributed by atoms with Crippen LogP contribution in [0, 0.1) is 6.92 Å². The van der Waals surface area contributed by atoms with Crippen LogP contribution in [0.25, 0.3) is 11.3 Å². The lowest BCUT2D eigenvalue weighted by Gasteiger charge is -1.98. The van der Waals surface area contributed by atoms with Crippen LogP contribution >= 0.6 is 0 Å². The van der Waals surface area contributed by atoms with Crippen LogP contribution in [0.2, 0.25) is 0 Å². The van der Waals surface area contributed by atoms with Gasteiger partial charge in [-0.15, -0.1) is 0 Å². The summed E-state index contributed by atoms with van der Waals surface area (Å²) in [4.78, 5) is 10.6. The molecule has 90 valence electrons. The molecular weight excluding hydrogens is 220 g/mol. The normalized spacial score (nSPS) is 10.7. The number of hydrogen-bond acceptors (Lipinski definition) is 3. The van der Waals surface area contributed by atoms with E-state index in [1.807, 2.05) is 37.0 Å². The molecule has 0 unspecified atom stereocenters. The second-order valence-electron chi connectivity index (χ2n) is 4.04. The van der Waals surface area contributed by atoms with Crippen molar-refractivity contribution >= 4 is 5.97 Å². The van der Waals surface area contributed by atoms with Gasteiger partial charge in [0.15, 0.2) is 5.76 Å². The summed E-state index contributed by atoms with van der Waals surface area (Å²) in [7, 11) is 1.92. The molecule has 5 heteroatoms. The van der Waals surface area contributed by atoms with Gasteiger partial charge in [0.05, 0.1) is 5.69 Å². The maximum Gasteiger partial charge on any atom is 0.303 e. The average molecular weight is 234 g/mol. The first-order valence-electron chi connectivity index (χ1n) is 5.37. The molecule has 0 atom stereocenters. The average Bonchev–Trinajstić information content (AvgIpc) is 2.82. The van der Waals surface area contributed by atoms with E-state index in [4.69, 9.17) is 9.63 Å². The number of aliphatic carboxylic acids is 1. The zero-order valence-corrected chi connectivity index (χ0v) is 9.80. The molecule has 0 amide bonds. The van der Waals surface area contributed by atoms with E-state index in [1.54, 1.807) is 0 Å². The molecule has 0 aromatic carbocycles. The first-order chi connectivity index (χ1) is 8.08. The maximum absolute atomic E-state index is 10.6. The van der Waals surface area contributed by atoms with Crippen molar-refractivity contribution in [2.45, 2.75) is 19.8 Å². The van der Waals surface area contributed by atoms with Crippen LogP contribution in [0.4, 0.5) is 0 Å². The molecule has 2 rings (SSSR count). The second-order valence-corrected chi connectivity index (χ2v) is 4.04. The van der Waals surface area contributed by atoms with E-state index in [2.05, 4.69) is 5.16 Å². The van der Waals surface area contributed by atoms with Crippen molar-refractivity contribution in [1.82, 2.24) is 9.72 Å². The molecule has 0 saturated heterocycles. The highest BCUT2D eigenvalue weighted by molar-refractivity contribution is 5.68. The van der Waals surface area contributed by atoms with Gasteiger partial charge in [0.1, 0.15) is 0 Å². The molecule has 0 saturated carbocycles. The van der Waals surface area contributed by atoms with Gasteiger partial charge in [0.25, 0.3) is 0 Å². The lowest BCUT2D eigenvalue weighted by molar-refractivity contribution is -0.136. The molecule has 5 nitrogen and oxygen atoms in total. The number of carboxylic acid groups (broad SMARTS) is 1. The first-order valence-corrected chi connectivity index (χ1v) is 5.37. The first kappa shape index (κ1) is 11.4. The van der Waals surface area contributed by atoms with Gasteiger partial charge in [-0.3, -0.25) is 4.79 Å². The lowest BCUT2D eigenvalue weighted by Crippen LogP contribution is -1.98. The van der Waals surface area contributed by atoms with Crippen LogP contribution in [-0.2, 0) is 18.3 Å². The lowest BCUT2D eigenvalue weighted by atomic mass is 10.0. The topological polar surface area (TPSA) is 68.3 Å².